The average molecular weight is 294 g/mol. The van der Waals surface area contributed by atoms with Gasteiger partial charge in [-0.2, -0.15) is 10.1 Å². The fourth-order valence-corrected chi connectivity index (χ4v) is 2.93. The maximum Gasteiger partial charge on any atom is 0.265 e. The Labute approximate surface area is 128 Å². The van der Waals surface area contributed by atoms with Crippen molar-refractivity contribution in [2.75, 3.05) is 5.43 Å². The molecule has 1 aliphatic rings. The van der Waals surface area contributed by atoms with E-state index in [1.54, 1.807) is 0 Å². The quantitative estimate of drug-likeness (QED) is 0.708. The molecule has 6 nitrogen and oxygen atoms in total. The maximum atomic E-state index is 4.48. The minimum atomic E-state index is 0.439. The smallest absolute Gasteiger partial charge is 0.265 e. The summed E-state index contributed by atoms with van der Waals surface area (Å²) in [5.41, 5.74) is 7.90. The van der Waals surface area contributed by atoms with Crippen molar-refractivity contribution in [3.8, 4) is 0 Å². The van der Waals surface area contributed by atoms with Crippen molar-refractivity contribution in [3.63, 3.8) is 0 Å². The van der Waals surface area contributed by atoms with Crippen LogP contribution in [0.5, 0.6) is 0 Å². The van der Waals surface area contributed by atoms with E-state index in [0.29, 0.717) is 5.95 Å². The van der Waals surface area contributed by atoms with E-state index in [1.807, 2.05) is 6.07 Å². The molecule has 6 heteroatoms. The minimum Gasteiger partial charge on any atom is -0.338 e. The molecule has 4 rings (SSSR count). The summed E-state index contributed by atoms with van der Waals surface area (Å²) in [5, 5.41) is 13.9. The van der Waals surface area contributed by atoms with Gasteiger partial charge in [0, 0.05) is 16.6 Å². The largest absolute Gasteiger partial charge is 0.338 e. The topological polar surface area (TPSA) is 78.9 Å². The van der Waals surface area contributed by atoms with Gasteiger partial charge < -0.3 is 4.98 Å². The number of aromatic nitrogens is 4. The Bertz CT molecular complexity index is 856. The van der Waals surface area contributed by atoms with E-state index in [4.69, 9.17) is 0 Å². The van der Waals surface area contributed by atoms with E-state index in [-0.39, 0.29) is 0 Å². The van der Waals surface area contributed by atoms with E-state index in [0.717, 1.165) is 34.9 Å². The van der Waals surface area contributed by atoms with Crippen LogP contribution in [0, 0.1) is 6.92 Å². The third-order valence-electron chi connectivity index (χ3n) is 4.11. The Hall–Kier alpha value is -2.50. The normalized spacial score (nSPS) is 15.4. The molecule has 2 heterocycles. The van der Waals surface area contributed by atoms with Crippen molar-refractivity contribution >= 4 is 33.7 Å². The van der Waals surface area contributed by atoms with Gasteiger partial charge in [-0.05, 0) is 44.7 Å². The molecule has 2 aromatic heterocycles. The van der Waals surface area contributed by atoms with Gasteiger partial charge in [-0.15, -0.1) is 10.2 Å². The van der Waals surface area contributed by atoms with Gasteiger partial charge in [-0.25, -0.2) is 5.43 Å². The summed E-state index contributed by atoms with van der Waals surface area (Å²) in [4.78, 5) is 7.76. The van der Waals surface area contributed by atoms with Gasteiger partial charge in [-0.1, -0.05) is 18.1 Å². The van der Waals surface area contributed by atoms with Crippen molar-refractivity contribution in [2.45, 2.75) is 39.0 Å². The zero-order valence-electron chi connectivity index (χ0n) is 12.6. The van der Waals surface area contributed by atoms with Gasteiger partial charge >= 0.3 is 0 Å². The van der Waals surface area contributed by atoms with Crippen LogP contribution in [0.4, 0.5) is 5.95 Å². The van der Waals surface area contributed by atoms with Crippen molar-refractivity contribution in [1.82, 2.24) is 20.2 Å². The number of H-pyrrole nitrogens is 1. The van der Waals surface area contributed by atoms with Gasteiger partial charge in [0.25, 0.3) is 5.95 Å². The summed E-state index contributed by atoms with van der Waals surface area (Å²) >= 11 is 0. The Kier molecular flexibility index (Phi) is 3.21. The standard InChI is InChI=1S/C16H18N6/c1-10-7-8-13-12(9-10)14-15(17-13)18-16(22-20-14)21-19-11-5-3-2-4-6-11/h7-9H,2-6H2,1H3,(H2,17,18,21,22). The molecule has 22 heavy (non-hydrogen) atoms. The van der Waals surface area contributed by atoms with Crippen LogP contribution in [0.25, 0.3) is 22.1 Å². The highest BCUT2D eigenvalue weighted by Crippen LogP contribution is 2.23. The van der Waals surface area contributed by atoms with E-state index < -0.39 is 0 Å². The lowest BCUT2D eigenvalue weighted by Gasteiger charge is -2.11. The molecule has 0 unspecified atom stereocenters. The number of aryl methyl sites for hydroxylation is 1. The van der Waals surface area contributed by atoms with Crippen LogP contribution in [0.15, 0.2) is 23.3 Å². The van der Waals surface area contributed by atoms with Crippen molar-refractivity contribution < 1.29 is 0 Å². The second-order valence-corrected chi connectivity index (χ2v) is 5.86. The molecule has 112 valence electrons. The first-order valence-corrected chi connectivity index (χ1v) is 7.74. The summed E-state index contributed by atoms with van der Waals surface area (Å²) in [6.07, 6.45) is 5.88. The van der Waals surface area contributed by atoms with Crippen LogP contribution in [0.1, 0.15) is 37.7 Å². The van der Waals surface area contributed by atoms with Crippen molar-refractivity contribution in [3.05, 3.63) is 23.8 Å². The van der Waals surface area contributed by atoms with E-state index in [2.05, 4.69) is 49.7 Å². The average Bonchev–Trinajstić information content (AvgIpc) is 2.91. The molecule has 1 fully saturated rings. The fraction of sp³-hybridized carbons (Fsp3) is 0.375. The molecule has 0 spiro atoms. The van der Waals surface area contributed by atoms with E-state index in [1.165, 1.54) is 30.5 Å². The number of aromatic amines is 1. The lowest BCUT2D eigenvalue weighted by molar-refractivity contribution is 0.665. The monoisotopic (exact) mass is 294 g/mol. The van der Waals surface area contributed by atoms with Gasteiger partial charge in [-0.3, -0.25) is 0 Å². The predicted octanol–water partition coefficient (Wildman–Crippen LogP) is 3.55. The SMILES string of the molecule is Cc1ccc2[nH]c3nc(NN=C4CCCCC4)nnc3c2c1. The molecular weight excluding hydrogens is 276 g/mol. The van der Waals surface area contributed by atoms with Gasteiger partial charge in [0.2, 0.25) is 0 Å². The summed E-state index contributed by atoms with van der Waals surface area (Å²) in [6, 6.07) is 6.21. The lowest BCUT2D eigenvalue weighted by atomic mass is 9.99. The maximum absolute atomic E-state index is 4.48. The Morgan fingerprint density at radius 1 is 1.14 bits per heavy atom. The molecule has 0 bridgehead atoms. The number of nitrogens with one attached hydrogen (secondary N) is 2. The first kappa shape index (κ1) is 13.2. The zero-order chi connectivity index (χ0) is 14.9. The van der Waals surface area contributed by atoms with Crippen molar-refractivity contribution in [2.24, 2.45) is 5.10 Å². The van der Waals surface area contributed by atoms with Crippen LogP contribution in [-0.4, -0.2) is 25.9 Å². The molecule has 0 radical (unpaired) electrons. The number of anilines is 1. The molecule has 1 aliphatic carbocycles. The highest BCUT2D eigenvalue weighted by Gasteiger charge is 2.10. The van der Waals surface area contributed by atoms with E-state index >= 15 is 0 Å². The number of hydrazone groups is 1. The van der Waals surface area contributed by atoms with Crippen LogP contribution in [-0.2, 0) is 0 Å². The number of nitrogens with zero attached hydrogens (tertiary/aromatic N) is 4. The second kappa shape index (κ2) is 5.36. The molecule has 1 saturated carbocycles. The first-order valence-electron chi connectivity index (χ1n) is 7.74. The fourth-order valence-electron chi connectivity index (χ4n) is 2.93. The molecule has 0 saturated heterocycles. The number of hydrogen-bond acceptors (Lipinski definition) is 5. The Morgan fingerprint density at radius 2 is 2.00 bits per heavy atom. The Balaban J connectivity index is 1.67. The summed E-state index contributed by atoms with van der Waals surface area (Å²) in [5.74, 6) is 0.439. The number of benzene rings is 1. The molecule has 0 atom stereocenters. The van der Waals surface area contributed by atoms with Crippen molar-refractivity contribution in [1.29, 1.82) is 0 Å². The van der Waals surface area contributed by atoms with Crippen LogP contribution in [0.3, 0.4) is 0 Å². The summed E-state index contributed by atoms with van der Waals surface area (Å²) in [7, 11) is 0. The summed E-state index contributed by atoms with van der Waals surface area (Å²) in [6.45, 7) is 2.06. The molecule has 3 aromatic rings. The molecule has 0 amide bonds. The first-order chi connectivity index (χ1) is 10.8. The molecular formula is C16H18N6. The highest BCUT2D eigenvalue weighted by atomic mass is 15.4. The lowest BCUT2D eigenvalue weighted by Crippen LogP contribution is -2.08. The molecule has 2 N–H and O–H groups in total. The number of rotatable bonds is 2. The van der Waals surface area contributed by atoms with Crippen LogP contribution < -0.4 is 5.43 Å². The van der Waals surface area contributed by atoms with Crippen LogP contribution in [0.2, 0.25) is 0 Å². The molecule has 0 aliphatic heterocycles. The van der Waals surface area contributed by atoms with Gasteiger partial charge in [0.05, 0.1) is 0 Å². The Morgan fingerprint density at radius 3 is 2.86 bits per heavy atom. The third kappa shape index (κ3) is 2.41. The van der Waals surface area contributed by atoms with Crippen LogP contribution >= 0.6 is 0 Å². The molecule has 1 aromatic carbocycles. The predicted molar refractivity (Wildman–Crippen MR) is 88.1 cm³/mol. The minimum absolute atomic E-state index is 0.439. The highest BCUT2D eigenvalue weighted by molar-refractivity contribution is 6.03. The van der Waals surface area contributed by atoms with E-state index in [9.17, 15) is 0 Å². The number of fused-ring (bicyclic) bond motifs is 3. The third-order valence-corrected chi connectivity index (χ3v) is 4.11. The summed E-state index contributed by atoms with van der Waals surface area (Å²) < 4.78 is 0. The second-order valence-electron chi connectivity index (χ2n) is 5.86. The zero-order valence-corrected chi connectivity index (χ0v) is 12.6. The van der Waals surface area contributed by atoms with Gasteiger partial charge in [0.15, 0.2) is 5.65 Å². The van der Waals surface area contributed by atoms with Gasteiger partial charge in [0.1, 0.15) is 5.52 Å². The number of hydrogen-bond donors (Lipinski definition) is 2.